The zero-order valence-corrected chi connectivity index (χ0v) is 20.0. The number of aliphatic hydroxyl groups is 1. The lowest BCUT2D eigenvalue weighted by Gasteiger charge is -2.32. The molecule has 0 aliphatic rings. The first-order chi connectivity index (χ1) is 15.4. The number of carbonyl (C=O) groups is 2. The molecule has 0 aromatic heterocycles. The van der Waals surface area contributed by atoms with Crippen LogP contribution in [-0.2, 0) is 11.2 Å². The van der Waals surface area contributed by atoms with E-state index in [9.17, 15) is 14.7 Å². The van der Waals surface area contributed by atoms with E-state index in [-0.39, 0.29) is 24.6 Å². The molecule has 0 heterocycles. The topological polar surface area (TPSA) is 81.7 Å². The first-order valence-electron chi connectivity index (χ1n) is 11.1. The fourth-order valence-electron chi connectivity index (χ4n) is 3.26. The summed E-state index contributed by atoms with van der Waals surface area (Å²) < 4.78 is 0. The van der Waals surface area contributed by atoms with Crippen molar-refractivity contribution in [3.63, 3.8) is 0 Å². The summed E-state index contributed by atoms with van der Waals surface area (Å²) in [6.45, 7) is 4.57. The third-order valence-electron chi connectivity index (χ3n) is 5.19. The van der Waals surface area contributed by atoms with Crippen molar-refractivity contribution in [3.8, 4) is 0 Å². The fourth-order valence-corrected chi connectivity index (χ4v) is 4.28. The van der Waals surface area contributed by atoms with Crippen molar-refractivity contribution in [1.82, 2.24) is 15.5 Å². The number of nitrogens with one attached hydrogen (secondary N) is 2. The van der Waals surface area contributed by atoms with Gasteiger partial charge in [0.05, 0.1) is 12.6 Å². The van der Waals surface area contributed by atoms with E-state index in [1.165, 1.54) is 0 Å². The molecule has 2 atom stereocenters. The Kier molecular flexibility index (Phi) is 11.1. The van der Waals surface area contributed by atoms with E-state index in [1.807, 2.05) is 60.7 Å². The average molecular weight is 458 g/mol. The van der Waals surface area contributed by atoms with E-state index < -0.39 is 6.04 Å². The lowest BCUT2D eigenvalue weighted by Crippen LogP contribution is -2.55. The van der Waals surface area contributed by atoms with Crippen molar-refractivity contribution in [2.24, 2.45) is 5.92 Å². The quantitative estimate of drug-likeness (QED) is 0.426. The molecule has 0 radical (unpaired) electrons. The van der Waals surface area contributed by atoms with Crippen LogP contribution >= 0.6 is 11.8 Å². The van der Waals surface area contributed by atoms with E-state index in [0.717, 1.165) is 16.9 Å². The normalized spacial score (nSPS) is 12.8. The number of urea groups is 1. The molecule has 0 saturated heterocycles. The molecule has 32 heavy (non-hydrogen) atoms. The van der Waals surface area contributed by atoms with Crippen molar-refractivity contribution in [2.75, 3.05) is 26.0 Å². The second kappa shape index (κ2) is 13.8. The largest absolute Gasteiger partial charge is 0.394 e. The minimum Gasteiger partial charge on any atom is -0.394 e. The van der Waals surface area contributed by atoms with Gasteiger partial charge < -0.3 is 20.6 Å². The van der Waals surface area contributed by atoms with Crippen LogP contribution in [0.25, 0.3) is 0 Å². The number of amides is 3. The maximum Gasteiger partial charge on any atom is 0.318 e. The molecule has 0 unspecified atom stereocenters. The highest BCUT2D eigenvalue weighted by molar-refractivity contribution is 7.99. The fraction of sp³-hybridized carbons (Fsp3) is 0.440. The van der Waals surface area contributed by atoms with E-state index in [1.54, 1.807) is 23.7 Å². The van der Waals surface area contributed by atoms with Crippen LogP contribution in [0.15, 0.2) is 65.6 Å². The van der Waals surface area contributed by atoms with Gasteiger partial charge in [-0.05, 0) is 30.0 Å². The van der Waals surface area contributed by atoms with Crippen LogP contribution in [0, 0.1) is 5.92 Å². The zero-order valence-electron chi connectivity index (χ0n) is 19.2. The van der Waals surface area contributed by atoms with Crippen LogP contribution in [-0.4, -0.2) is 60.0 Å². The molecule has 2 aromatic rings. The maximum absolute atomic E-state index is 13.3. The third-order valence-corrected chi connectivity index (χ3v) is 6.35. The standard InChI is InChI=1S/C25H35N3O3S/c1-19(2)14-15-28(21(17-29)18-32-22-12-8-5-9-13-22)25(31)27-23(24(30)26-3)16-20-10-6-4-7-11-20/h4-13,19,21,23,29H,14-18H2,1-3H3,(H,26,30)(H,27,31)/t21-,23-/m0/s1. The monoisotopic (exact) mass is 457 g/mol. The molecule has 2 aromatic carbocycles. The lowest BCUT2D eigenvalue weighted by molar-refractivity contribution is -0.122. The Hall–Kier alpha value is -2.51. The Morgan fingerprint density at radius 3 is 2.22 bits per heavy atom. The number of hydrogen-bond acceptors (Lipinski definition) is 4. The number of carbonyl (C=O) groups excluding carboxylic acids is 2. The van der Waals surface area contributed by atoms with E-state index in [2.05, 4.69) is 24.5 Å². The van der Waals surface area contributed by atoms with Crippen LogP contribution in [0.5, 0.6) is 0 Å². The first kappa shape index (κ1) is 25.7. The molecule has 0 spiro atoms. The van der Waals surface area contributed by atoms with Gasteiger partial charge in [0, 0.05) is 30.7 Å². The predicted octanol–water partition coefficient (Wildman–Crippen LogP) is 3.55. The number of likely N-dealkylation sites (N-methyl/N-ethyl adjacent to an activating group) is 1. The number of nitrogens with zero attached hydrogens (tertiary/aromatic N) is 1. The first-order valence-corrected chi connectivity index (χ1v) is 12.0. The molecule has 7 heteroatoms. The number of aliphatic hydroxyl groups excluding tert-OH is 1. The molecule has 6 nitrogen and oxygen atoms in total. The number of rotatable bonds is 12. The molecule has 0 saturated carbocycles. The van der Waals surface area contributed by atoms with Crippen molar-refractivity contribution in [3.05, 3.63) is 66.2 Å². The Bertz CT molecular complexity index is 818. The Morgan fingerprint density at radius 1 is 1.03 bits per heavy atom. The minimum atomic E-state index is -0.697. The summed E-state index contributed by atoms with van der Waals surface area (Å²) in [5, 5.41) is 15.7. The van der Waals surface area contributed by atoms with Gasteiger partial charge in [0.1, 0.15) is 6.04 Å². The maximum atomic E-state index is 13.3. The Morgan fingerprint density at radius 2 is 1.66 bits per heavy atom. The molecule has 0 aliphatic carbocycles. The van der Waals surface area contributed by atoms with Crippen LogP contribution in [0.2, 0.25) is 0 Å². The SMILES string of the molecule is CNC(=O)[C@H](Cc1ccccc1)NC(=O)N(CCC(C)C)[C@@H](CO)CSc1ccccc1. The van der Waals surface area contributed by atoms with Gasteiger partial charge in [0.15, 0.2) is 0 Å². The van der Waals surface area contributed by atoms with E-state index in [4.69, 9.17) is 0 Å². The van der Waals surface area contributed by atoms with Gasteiger partial charge in [0.25, 0.3) is 0 Å². The molecule has 0 aliphatic heterocycles. The summed E-state index contributed by atoms with van der Waals surface area (Å²) in [7, 11) is 1.57. The third kappa shape index (κ3) is 8.55. The molecular weight excluding hydrogens is 422 g/mol. The van der Waals surface area contributed by atoms with Crippen LogP contribution in [0.4, 0.5) is 4.79 Å². The highest BCUT2D eigenvalue weighted by Crippen LogP contribution is 2.20. The van der Waals surface area contributed by atoms with Gasteiger partial charge in [-0.1, -0.05) is 62.4 Å². The van der Waals surface area contributed by atoms with Crippen molar-refractivity contribution >= 4 is 23.7 Å². The molecule has 0 fully saturated rings. The summed E-state index contributed by atoms with van der Waals surface area (Å²) >= 11 is 1.60. The highest BCUT2D eigenvalue weighted by atomic mass is 32.2. The Balaban J connectivity index is 2.14. The summed E-state index contributed by atoms with van der Waals surface area (Å²) in [4.78, 5) is 28.6. The molecule has 0 bridgehead atoms. The predicted molar refractivity (Wildman–Crippen MR) is 131 cm³/mol. The van der Waals surface area contributed by atoms with Gasteiger partial charge >= 0.3 is 6.03 Å². The second-order valence-corrected chi connectivity index (χ2v) is 9.24. The van der Waals surface area contributed by atoms with Crippen molar-refractivity contribution in [2.45, 2.75) is 43.7 Å². The Labute approximate surface area is 195 Å². The van der Waals surface area contributed by atoms with Crippen LogP contribution in [0.3, 0.4) is 0 Å². The van der Waals surface area contributed by atoms with Gasteiger partial charge in [-0.25, -0.2) is 4.79 Å². The molecule has 174 valence electrons. The molecule has 2 rings (SSSR count). The van der Waals surface area contributed by atoms with Crippen LogP contribution in [0.1, 0.15) is 25.8 Å². The van der Waals surface area contributed by atoms with Crippen molar-refractivity contribution in [1.29, 1.82) is 0 Å². The number of benzene rings is 2. The molecular formula is C25H35N3O3S. The minimum absolute atomic E-state index is 0.144. The van der Waals surface area contributed by atoms with Gasteiger partial charge in [-0.15, -0.1) is 11.8 Å². The highest BCUT2D eigenvalue weighted by Gasteiger charge is 2.28. The zero-order chi connectivity index (χ0) is 23.3. The van der Waals surface area contributed by atoms with E-state index in [0.29, 0.717) is 24.6 Å². The van der Waals surface area contributed by atoms with Crippen LogP contribution < -0.4 is 10.6 Å². The van der Waals surface area contributed by atoms with Gasteiger partial charge in [0.2, 0.25) is 5.91 Å². The number of thioether (sulfide) groups is 1. The lowest BCUT2D eigenvalue weighted by atomic mass is 10.1. The molecule has 3 amide bonds. The summed E-state index contributed by atoms with van der Waals surface area (Å²) in [5.41, 5.74) is 0.966. The summed E-state index contributed by atoms with van der Waals surface area (Å²) in [5.74, 6) is 0.728. The van der Waals surface area contributed by atoms with E-state index >= 15 is 0 Å². The summed E-state index contributed by atoms with van der Waals surface area (Å²) in [6, 6.07) is 18.2. The molecule has 3 N–H and O–H groups in total. The second-order valence-electron chi connectivity index (χ2n) is 8.14. The summed E-state index contributed by atoms with van der Waals surface area (Å²) in [6.07, 6.45) is 1.20. The number of hydrogen-bond donors (Lipinski definition) is 3. The van der Waals surface area contributed by atoms with Crippen molar-refractivity contribution < 1.29 is 14.7 Å². The average Bonchev–Trinajstić information content (AvgIpc) is 2.81. The van der Waals surface area contributed by atoms with Gasteiger partial charge in [-0.2, -0.15) is 0 Å². The smallest absolute Gasteiger partial charge is 0.318 e. The van der Waals surface area contributed by atoms with Gasteiger partial charge in [-0.3, -0.25) is 4.79 Å².